The highest BCUT2D eigenvalue weighted by molar-refractivity contribution is 7.95. The summed E-state index contributed by atoms with van der Waals surface area (Å²) in [6, 6.07) is 1.50. The van der Waals surface area contributed by atoms with E-state index in [1.165, 1.54) is 18.2 Å². The van der Waals surface area contributed by atoms with Crippen molar-refractivity contribution in [1.82, 2.24) is 0 Å². The van der Waals surface area contributed by atoms with E-state index >= 15 is 0 Å². The zero-order chi connectivity index (χ0) is 9.19. The van der Waals surface area contributed by atoms with Gasteiger partial charge in [-0.05, 0) is 26.3 Å². The lowest BCUT2D eigenvalue weighted by atomic mass is 10.6. The largest absolute Gasteiger partial charge is 0.174 e. The van der Waals surface area contributed by atoms with Crippen LogP contribution in [0.15, 0.2) is 0 Å². The van der Waals surface area contributed by atoms with Crippen LogP contribution in [0.2, 0.25) is 19.1 Å². The summed E-state index contributed by atoms with van der Waals surface area (Å²) in [5.41, 5.74) is 0. The Kier molecular flexibility index (Phi) is 3.68. The Hall–Kier alpha value is 0.527. The number of rotatable bonds is 2. The Morgan fingerprint density at radius 2 is 2.17 bits per heavy atom. The molecule has 2 atom stereocenters. The van der Waals surface area contributed by atoms with Gasteiger partial charge in [-0.3, -0.25) is 0 Å². The maximum atomic E-state index is 5.79. The fourth-order valence-corrected chi connectivity index (χ4v) is 8.63. The van der Waals surface area contributed by atoms with Crippen LogP contribution in [0.1, 0.15) is 20.3 Å². The van der Waals surface area contributed by atoms with Gasteiger partial charge < -0.3 is 0 Å². The normalized spacial score (nSPS) is 35.0. The van der Waals surface area contributed by atoms with E-state index in [1.807, 2.05) is 0 Å². The van der Waals surface area contributed by atoms with Crippen molar-refractivity contribution in [2.45, 2.75) is 44.3 Å². The lowest BCUT2D eigenvalue weighted by molar-refractivity contribution is 0.385. The van der Waals surface area contributed by atoms with Crippen molar-refractivity contribution in [3.05, 3.63) is 0 Å². The smallest absolute Gasteiger partial charge is 0.145 e. The van der Waals surface area contributed by atoms with Crippen LogP contribution >= 0.6 is 0 Å². The number of hydrogen-bond donors (Lipinski definition) is 0. The van der Waals surface area contributed by atoms with E-state index < -0.39 is 8.07 Å². The van der Waals surface area contributed by atoms with E-state index in [-0.39, 0.29) is 0 Å². The van der Waals surface area contributed by atoms with Crippen molar-refractivity contribution >= 4 is 19.2 Å². The van der Waals surface area contributed by atoms with Gasteiger partial charge >= 0.3 is 0 Å². The second-order valence-corrected chi connectivity index (χ2v) is 12.1. The minimum absolute atomic E-state index is 0.303. The van der Waals surface area contributed by atoms with Crippen molar-refractivity contribution < 1.29 is 4.18 Å². The van der Waals surface area contributed by atoms with Gasteiger partial charge in [0.05, 0.1) is 0 Å². The molecule has 1 aliphatic heterocycles. The van der Waals surface area contributed by atoms with E-state index in [9.17, 15) is 0 Å². The van der Waals surface area contributed by atoms with Gasteiger partial charge in [0.25, 0.3) is 0 Å². The lowest BCUT2D eigenvalue weighted by Gasteiger charge is -2.31. The van der Waals surface area contributed by atoms with Crippen LogP contribution in [0.25, 0.3) is 0 Å². The first-order chi connectivity index (χ1) is 5.58. The molecule has 0 aromatic heterocycles. The molecule has 0 aromatic carbocycles. The summed E-state index contributed by atoms with van der Waals surface area (Å²) >= 11 is 0.303. The molecule has 0 amide bonds. The van der Waals surface area contributed by atoms with Gasteiger partial charge in [0.1, 0.15) is 36.5 Å². The highest BCUT2D eigenvalue weighted by atomic mass is 32.2. The molecular formula is C9H21OSSi+. The fourth-order valence-electron chi connectivity index (χ4n) is 1.72. The first-order valence-corrected chi connectivity index (χ1v) is 9.57. The summed E-state index contributed by atoms with van der Waals surface area (Å²) in [4.78, 5) is 0.881. The van der Waals surface area contributed by atoms with Crippen molar-refractivity contribution in [1.29, 1.82) is 0 Å². The van der Waals surface area contributed by atoms with Crippen molar-refractivity contribution in [2.24, 2.45) is 0 Å². The van der Waals surface area contributed by atoms with Crippen LogP contribution in [0, 0.1) is 0 Å². The summed E-state index contributed by atoms with van der Waals surface area (Å²) in [5, 5.41) is 0. The SMILES string of the molecule is CCO[S+]1CCC[Si](C)(C)C1C. The quantitative estimate of drug-likeness (QED) is 0.497. The van der Waals surface area contributed by atoms with Crippen LogP contribution in [-0.2, 0) is 15.4 Å². The van der Waals surface area contributed by atoms with Crippen LogP contribution < -0.4 is 0 Å². The first-order valence-electron chi connectivity index (χ1n) is 4.91. The summed E-state index contributed by atoms with van der Waals surface area (Å²) in [7, 11) is -0.907. The molecule has 1 aliphatic rings. The van der Waals surface area contributed by atoms with E-state index in [0.29, 0.717) is 11.2 Å². The summed E-state index contributed by atoms with van der Waals surface area (Å²) in [6.45, 7) is 10.4. The van der Waals surface area contributed by atoms with Gasteiger partial charge in [-0.25, -0.2) is 0 Å². The zero-order valence-corrected chi connectivity index (χ0v) is 10.5. The third kappa shape index (κ3) is 2.27. The van der Waals surface area contributed by atoms with Gasteiger partial charge in [0.15, 0.2) is 0 Å². The van der Waals surface area contributed by atoms with Crippen LogP contribution in [-0.4, -0.2) is 25.3 Å². The third-order valence-electron chi connectivity index (χ3n) is 2.93. The maximum Gasteiger partial charge on any atom is 0.145 e. The van der Waals surface area contributed by atoms with Gasteiger partial charge in [-0.15, -0.1) is 0 Å². The lowest BCUT2D eigenvalue weighted by Crippen LogP contribution is -2.49. The molecule has 0 aromatic rings. The fraction of sp³-hybridized carbons (Fsp3) is 1.00. The molecule has 1 rings (SSSR count). The Balaban J connectivity index is 2.54. The topological polar surface area (TPSA) is 9.23 Å². The molecule has 1 fully saturated rings. The molecule has 1 nitrogen and oxygen atoms in total. The molecule has 0 aliphatic carbocycles. The van der Waals surface area contributed by atoms with E-state index in [4.69, 9.17) is 4.18 Å². The second-order valence-electron chi connectivity index (χ2n) is 4.23. The molecule has 3 heteroatoms. The van der Waals surface area contributed by atoms with E-state index in [1.54, 1.807) is 0 Å². The first kappa shape index (κ1) is 10.6. The van der Waals surface area contributed by atoms with Crippen LogP contribution in [0.5, 0.6) is 0 Å². The molecule has 0 spiro atoms. The molecule has 2 unspecified atom stereocenters. The highest BCUT2D eigenvalue weighted by Gasteiger charge is 2.46. The van der Waals surface area contributed by atoms with Crippen LogP contribution in [0.4, 0.5) is 0 Å². The molecule has 0 bridgehead atoms. The molecule has 12 heavy (non-hydrogen) atoms. The highest BCUT2D eigenvalue weighted by Crippen LogP contribution is 2.30. The Bertz CT molecular complexity index is 147. The van der Waals surface area contributed by atoms with Gasteiger partial charge in [-0.2, -0.15) is 4.18 Å². The molecule has 0 radical (unpaired) electrons. The summed E-state index contributed by atoms with van der Waals surface area (Å²) in [5.74, 6) is 1.32. The predicted molar refractivity (Wildman–Crippen MR) is 60.2 cm³/mol. The molecule has 1 heterocycles. The monoisotopic (exact) mass is 205 g/mol. The minimum Gasteiger partial charge on any atom is -0.174 e. The number of hydrogen-bond acceptors (Lipinski definition) is 1. The van der Waals surface area contributed by atoms with E-state index in [0.717, 1.165) is 11.5 Å². The van der Waals surface area contributed by atoms with Crippen molar-refractivity contribution in [3.8, 4) is 0 Å². The summed E-state index contributed by atoms with van der Waals surface area (Å²) in [6.07, 6.45) is 1.41. The van der Waals surface area contributed by atoms with Gasteiger partial charge in [0, 0.05) is 0 Å². The zero-order valence-electron chi connectivity index (χ0n) is 8.72. The third-order valence-corrected chi connectivity index (χ3v) is 11.5. The maximum absolute atomic E-state index is 5.79. The van der Waals surface area contributed by atoms with Gasteiger partial charge in [0.2, 0.25) is 0 Å². The molecule has 0 N–H and O–H groups in total. The van der Waals surface area contributed by atoms with Crippen molar-refractivity contribution in [3.63, 3.8) is 0 Å². The Morgan fingerprint density at radius 3 is 2.75 bits per heavy atom. The molecular weight excluding hydrogens is 184 g/mol. The summed E-state index contributed by atoms with van der Waals surface area (Å²) < 4.78 is 5.79. The molecule has 72 valence electrons. The average Bonchev–Trinajstić information content (AvgIpc) is 1.99. The van der Waals surface area contributed by atoms with Crippen LogP contribution in [0.3, 0.4) is 0 Å². The molecule has 0 saturated carbocycles. The van der Waals surface area contributed by atoms with Gasteiger partial charge in [-0.1, -0.05) is 13.1 Å². The van der Waals surface area contributed by atoms with E-state index in [2.05, 4.69) is 26.9 Å². The standard InChI is InChI=1S/C9H21OSSi/c1-5-10-11-7-6-8-12(3,4)9(11)2/h9H,5-8H2,1-4H3/q+1. The Labute approximate surface area is 80.4 Å². The second kappa shape index (κ2) is 4.16. The Morgan fingerprint density at radius 1 is 1.50 bits per heavy atom. The average molecular weight is 205 g/mol. The molecule has 1 saturated heterocycles. The van der Waals surface area contributed by atoms with Crippen molar-refractivity contribution in [2.75, 3.05) is 12.4 Å². The minimum atomic E-state index is -0.907. The predicted octanol–water partition coefficient (Wildman–Crippen LogP) is 2.60.